The van der Waals surface area contributed by atoms with Crippen molar-refractivity contribution in [1.29, 1.82) is 0 Å². The number of phenolic OH excluding ortho intramolecular Hbond substituents is 2. The van der Waals surface area contributed by atoms with Crippen molar-refractivity contribution in [2.75, 3.05) is 59.2 Å². The molecule has 2 aromatic carbocycles. The molecule has 0 saturated carbocycles. The molecule has 0 spiro atoms. The maximum atomic E-state index is 11.1. The summed E-state index contributed by atoms with van der Waals surface area (Å²) in [6, 6.07) is 6.97. The molecule has 0 unspecified atom stereocenters. The van der Waals surface area contributed by atoms with Crippen LogP contribution in [0.1, 0.15) is 46.2 Å². The Morgan fingerprint density at radius 3 is 1.70 bits per heavy atom. The lowest BCUT2D eigenvalue weighted by Gasteiger charge is -2.26. The Labute approximate surface area is 261 Å². The van der Waals surface area contributed by atoms with Gasteiger partial charge in [-0.1, -0.05) is 41.5 Å². The molecule has 11 heteroatoms. The van der Waals surface area contributed by atoms with Crippen molar-refractivity contribution >= 4 is 0 Å². The van der Waals surface area contributed by atoms with Crippen LogP contribution in [-0.2, 0) is 26.2 Å². The first-order chi connectivity index (χ1) is 21.3. The molecule has 0 atom stereocenters. The molecule has 11 nitrogen and oxygen atoms in total. The molecule has 3 rings (SSSR count). The molecular weight excluding hydrogens is 562 g/mol. The molecule has 2 aromatic rings. The fourth-order valence-electron chi connectivity index (χ4n) is 5.47. The molecule has 0 fully saturated rings. The maximum absolute atomic E-state index is 11.1. The predicted molar refractivity (Wildman–Crippen MR) is 172 cm³/mol. The second-order valence-corrected chi connectivity index (χ2v) is 11.8. The average molecular weight is 616 g/mol. The van der Waals surface area contributed by atoms with E-state index >= 15 is 0 Å². The molecule has 0 amide bonds. The zero-order valence-corrected chi connectivity index (χ0v) is 26.3. The SMILES string of the molecule is Cc1cc(CNC(CO)CO)c(O)c(CN2/C=C\CN(Cc3cc(C)cc(CNC(CO)CO)c3O)CCCNCCC2)c1. The van der Waals surface area contributed by atoms with Gasteiger partial charge in [-0.15, -0.1) is 0 Å². The highest BCUT2D eigenvalue weighted by molar-refractivity contribution is 5.44. The first-order valence-electron chi connectivity index (χ1n) is 15.6. The lowest BCUT2D eigenvalue weighted by Crippen LogP contribution is -2.35. The molecule has 0 aromatic heterocycles. The van der Waals surface area contributed by atoms with Crippen molar-refractivity contribution in [2.45, 2.75) is 65.0 Å². The van der Waals surface area contributed by atoms with Gasteiger partial charge in [-0.3, -0.25) is 4.90 Å². The number of nitrogens with zero attached hydrogens (tertiary/aromatic N) is 2. The van der Waals surface area contributed by atoms with E-state index in [-0.39, 0.29) is 37.9 Å². The third-order valence-electron chi connectivity index (χ3n) is 7.94. The molecular formula is C33H53N5O6. The Balaban J connectivity index is 1.74. The van der Waals surface area contributed by atoms with Gasteiger partial charge in [0.25, 0.3) is 0 Å². The van der Waals surface area contributed by atoms with Gasteiger partial charge < -0.3 is 51.5 Å². The van der Waals surface area contributed by atoms with Gasteiger partial charge in [-0.05, 0) is 46.0 Å². The van der Waals surface area contributed by atoms with E-state index in [0.29, 0.717) is 32.7 Å². The molecule has 1 aliphatic rings. The summed E-state index contributed by atoms with van der Waals surface area (Å²) in [5, 5.41) is 69.5. The minimum absolute atomic E-state index is 0.182. The standard InChI is InChI=1S/C33H53N5O6/c1-24-12-26(16-35-30(20-39)21-40)32(43)28(14-24)18-37-8-3-6-34-7-4-9-38(11-5-10-37)19-29-15-25(2)13-27(33(29)44)17-36-31(22-41)23-42/h5,10,12-15,30-31,34-36,39-44H,3-4,6-9,11,16-23H2,1-2H3/b10-5-. The van der Waals surface area contributed by atoms with Gasteiger partial charge in [0, 0.05) is 68.1 Å². The normalized spacial score (nSPS) is 16.3. The van der Waals surface area contributed by atoms with E-state index in [9.17, 15) is 30.6 Å². The fraction of sp³-hybridized carbons (Fsp3) is 0.576. The number of benzene rings is 2. The van der Waals surface area contributed by atoms with E-state index in [1.54, 1.807) is 0 Å². The third-order valence-corrected chi connectivity index (χ3v) is 7.94. The number of phenols is 2. The predicted octanol–water partition coefficient (Wildman–Crippen LogP) is 0.802. The van der Waals surface area contributed by atoms with Crippen molar-refractivity contribution in [2.24, 2.45) is 0 Å². The quantitative estimate of drug-likeness (QED) is 0.148. The highest BCUT2D eigenvalue weighted by Gasteiger charge is 2.16. The molecule has 246 valence electrons. The summed E-state index contributed by atoms with van der Waals surface area (Å²) in [6.45, 7) is 9.22. The summed E-state index contributed by atoms with van der Waals surface area (Å²) in [5.74, 6) is 0.457. The van der Waals surface area contributed by atoms with Gasteiger partial charge in [0.2, 0.25) is 0 Å². The highest BCUT2D eigenvalue weighted by atomic mass is 16.3. The zero-order valence-electron chi connectivity index (χ0n) is 26.3. The Bertz CT molecular complexity index is 1170. The number of rotatable bonds is 14. The van der Waals surface area contributed by atoms with E-state index in [1.807, 2.05) is 38.1 Å². The lowest BCUT2D eigenvalue weighted by atomic mass is 10.0. The molecule has 0 saturated heterocycles. The van der Waals surface area contributed by atoms with E-state index in [1.165, 1.54) is 0 Å². The number of hydrogen-bond donors (Lipinski definition) is 9. The first kappa shape index (κ1) is 35.7. The Hall–Kier alpha value is -2.74. The smallest absolute Gasteiger partial charge is 0.125 e. The summed E-state index contributed by atoms with van der Waals surface area (Å²) < 4.78 is 0. The second-order valence-electron chi connectivity index (χ2n) is 11.8. The molecule has 0 aliphatic carbocycles. The topological polar surface area (TPSA) is 164 Å². The Morgan fingerprint density at radius 2 is 1.18 bits per heavy atom. The Kier molecular flexibility index (Phi) is 15.4. The molecule has 0 radical (unpaired) electrons. The molecule has 44 heavy (non-hydrogen) atoms. The number of aliphatic hydroxyl groups is 4. The van der Waals surface area contributed by atoms with Crippen LogP contribution >= 0.6 is 0 Å². The summed E-state index contributed by atoms with van der Waals surface area (Å²) in [6.07, 6.45) is 6.18. The maximum Gasteiger partial charge on any atom is 0.125 e. The number of aromatic hydroxyl groups is 2. The molecule has 0 bridgehead atoms. The van der Waals surface area contributed by atoms with Crippen molar-refractivity contribution in [3.05, 3.63) is 69.9 Å². The van der Waals surface area contributed by atoms with E-state index < -0.39 is 12.1 Å². The van der Waals surface area contributed by atoms with Crippen molar-refractivity contribution in [3.63, 3.8) is 0 Å². The van der Waals surface area contributed by atoms with Crippen molar-refractivity contribution in [1.82, 2.24) is 25.8 Å². The van der Waals surface area contributed by atoms with Gasteiger partial charge >= 0.3 is 0 Å². The van der Waals surface area contributed by atoms with E-state index in [0.717, 1.165) is 72.4 Å². The highest BCUT2D eigenvalue weighted by Crippen LogP contribution is 2.28. The minimum atomic E-state index is -0.443. The average Bonchev–Trinajstić information content (AvgIpc) is 3.00. The second kappa shape index (κ2) is 18.9. The molecule has 1 aliphatic heterocycles. The Morgan fingerprint density at radius 1 is 0.705 bits per heavy atom. The van der Waals surface area contributed by atoms with Crippen molar-refractivity contribution < 1.29 is 30.6 Å². The van der Waals surface area contributed by atoms with Crippen LogP contribution in [0.2, 0.25) is 0 Å². The molecule has 9 N–H and O–H groups in total. The van der Waals surface area contributed by atoms with Crippen LogP contribution in [0.15, 0.2) is 36.5 Å². The summed E-state index contributed by atoms with van der Waals surface area (Å²) in [5.41, 5.74) is 5.19. The lowest BCUT2D eigenvalue weighted by molar-refractivity contribution is 0.169. The largest absolute Gasteiger partial charge is 0.507 e. The van der Waals surface area contributed by atoms with Crippen LogP contribution in [-0.4, -0.2) is 112 Å². The number of aliphatic hydroxyl groups excluding tert-OH is 4. The van der Waals surface area contributed by atoms with Crippen LogP contribution in [0.3, 0.4) is 0 Å². The van der Waals surface area contributed by atoms with Gasteiger partial charge in [-0.2, -0.15) is 0 Å². The number of hydrogen-bond acceptors (Lipinski definition) is 11. The summed E-state index contributed by atoms with van der Waals surface area (Å²) in [4.78, 5) is 4.52. The van der Waals surface area contributed by atoms with Crippen LogP contribution in [0, 0.1) is 13.8 Å². The van der Waals surface area contributed by atoms with Crippen molar-refractivity contribution in [3.8, 4) is 11.5 Å². The van der Waals surface area contributed by atoms with Gasteiger partial charge in [0.15, 0.2) is 0 Å². The zero-order chi connectivity index (χ0) is 31.9. The number of aryl methyl sites for hydroxylation is 2. The number of nitrogens with one attached hydrogen (secondary N) is 3. The minimum Gasteiger partial charge on any atom is -0.507 e. The van der Waals surface area contributed by atoms with Gasteiger partial charge in [0.05, 0.1) is 38.5 Å². The van der Waals surface area contributed by atoms with Gasteiger partial charge in [-0.25, -0.2) is 0 Å². The fourth-order valence-corrected chi connectivity index (χ4v) is 5.47. The monoisotopic (exact) mass is 615 g/mol. The summed E-state index contributed by atoms with van der Waals surface area (Å²) >= 11 is 0. The van der Waals surface area contributed by atoms with Crippen LogP contribution in [0.25, 0.3) is 0 Å². The third kappa shape index (κ3) is 11.3. The summed E-state index contributed by atoms with van der Waals surface area (Å²) in [7, 11) is 0. The van der Waals surface area contributed by atoms with E-state index in [4.69, 9.17) is 0 Å². The van der Waals surface area contributed by atoms with Crippen LogP contribution in [0.4, 0.5) is 0 Å². The van der Waals surface area contributed by atoms with Gasteiger partial charge in [0.1, 0.15) is 11.5 Å². The molecule has 1 heterocycles. The van der Waals surface area contributed by atoms with Crippen LogP contribution < -0.4 is 16.0 Å². The van der Waals surface area contributed by atoms with Crippen LogP contribution in [0.5, 0.6) is 11.5 Å². The van der Waals surface area contributed by atoms with E-state index in [2.05, 4.69) is 38.0 Å². The first-order valence-corrected chi connectivity index (χ1v) is 15.6.